The summed E-state index contributed by atoms with van der Waals surface area (Å²) in [6, 6.07) is 13.3. The Morgan fingerprint density at radius 3 is 2.78 bits per heavy atom. The molecule has 0 spiro atoms. The lowest BCUT2D eigenvalue weighted by Gasteiger charge is -2.19. The van der Waals surface area contributed by atoms with Crippen LogP contribution in [0.5, 0.6) is 5.88 Å². The van der Waals surface area contributed by atoms with Crippen molar-refractivity contribution in [2.45, 2.75) is 24.7 Å². The van der Waals surface area contributed by atoms with Crippen LogP contribution >= 0.6 is 35.0 Å². The molecule has 1 aliphatic rings. The molecule has 3 aromatic rings. The molecule has 2 heterocycles. The fraction of sp³-hybridized carbons (Fsp3) is 0.211. The van der Waals surface area contributed by atoms with Gasteiger partial charge in [0.1, 0.15) is 0 Å². The largest absolute Gasteiger partial charge is 0.448 e. The van der Waals surface area contributed by atoms with Gasteiger partial charge < -0.3 is 10.1 Å². The van der Waals surface area contributed by atoms with Crippen LogP contribution in [0.4, 0.5) is 5.69 Å². The summed E-state index contributed by atoms with van der Waals surface area (Å²) in [5.74, 6) is 1.36. The number of para-hydroxylation sites is 1. The molecule has 0 amide bonds. The molecule has 138 valence electrons. The first kappa shape index (κ1) is 18.3. The molecule has 1 N–H and O–H groups in total. The molecule has 0 saturated carbocycles. The molecule has 1 aliphatic heterocycles. The maximum Gasteiger partial charge on any atom is 0.247 e. The molecule has 1 atom stereocenters. The summed E-state index contributed by atoms with van der Waals surface area (Å²) in [5.41, 5.74) is 3.23. The van der Waals surface area contributed by atoms with E-state index in [-0.39, 0.29) is 0 Å². The maximum atomic E-state index is 6.20. The molecule has 4 rings (SSSR count). The molecule has 0 unspecified atom stereocenters. The molecule has 0 radical (unpaired) electrons. The van der Waals surface area contributed by atoms with Crippen LogP contribution in [0.3, 0.4) is 0 Å². The van der Waals surface area contributed by atoms with Crippen molar-refractivity contribution in [2.24, 2.45) is 0 Å². The topological polar surface area (TPSA) is 59.9 Å². The Morgan fingerprint density at radius 1 is 1.11 bits per heavy atom. The van der Waals surface area contributed by atoms with Crippen LogP contribution in [0.25, 0.3) is 11.3 Å². The van der Waals surface area contributed by atoms with Crippen molar-refractivity contribution in [1.82, 2.24) is 15.2 Å². The minimum atomic E-state index is -0.483. The normalized spacial score (nSPS) is 15.1. The third-order valence-corrected chi connectivity index (χ3v) is 5.80. The zero-order valence-electron chi connectivity index (χ0n) is 14.4. The lowest BCUT2D eigenvalue weighted by molar-refractivity contribution is 0.225. The van der Waals surface area contributed by atoms with Gasteiger partial charge in [-0.3, -0.25) is 0 Å². The van der Waals surface area contributed by atoms with Gasteiger partial charge in [-0.1, -0.05) is 66.2 Å². The highest BCUT2D eigenvalue weighted by molar-refractivity contribution is 7.99. The Hall–Kier alpha value is -2.02. The highest BCUT2D eigenvalue weighted by Gasteiger charge is 2.26. The number of halogens is 2. The summed E-state index contributed by atoms with van der Waals surface area (Å²) in [5, 5.41) is 13.6. The number of benzene rings is 2. The van der Waals surface area contributed by atoms with Gasteiger partial charge in [-0.25, -0.2) is 0 Å². The van der Waals surface area contributed by atoms with Gasteiger partial charge in [0.25, 0.3) is 0 Å². The van der Waals surface area contributed by atoms with Crippen LogP contribution in [0.2, 0.25) is 10.0 Å². The van der Waals surface area contributed by atoms with E-state index in [9.17, 15) is 0 Å². The summed E-state index contributed by atoms with van der Waals surface area (Å²) < 4.78 is 6.20. The molecule has 0 aliphatic carbocycles. The minimum Gasteiger partial charge on any atom is -0.448 e. The number of anilines is 1. The average molecular weight is 419 g/mol. The van der Waals surface area contributed by atoms with Crippen LogP contribution in [-0.2, 0) is 0 Å². The number of rotatable bonds is 4. The Labute approximate surface area is 171 Å². The van der Waals surface area contributed by atoms with Crippen molar-refractivity contribution in [3.63, 3.8) is 0 Å². The van der Waals surface area contributed by atoms with Crippen LogP contribution in [0.15, 0.2) is 47.6 Å². The quantitative estimate of drug-likeness (QED) is 0.536. The number of thioether (sulfide) groups is 1. The van der Waals surface area contributed by atoms with Gasteiger partial charge in [0.05, 0.1) is 10.0 Å². The van der Waals surface area contributed by atoms with Crippen molar-refractivity contribution in [2.75, 3.05) is 11.1 Å². The number of ether oxygens (including phenoxy) is 1. The summed E-state index contributed by atoms with van der Waals surface area (Å²) in [7, 11) is 0. The standard InChI is InChI=1S/C19H16Cl2N4OS/c1-2-9-27-19-23-18-16(24-25-19)12-5-3-4-6-15(12)22-17(26-18)11-7-8-13(20)14(21)10-11/h3-8,10,17,22H,2,9H2,1H3/t17-/m1/s1. The second-order valence-corrected chi connectivity index (χ2v) is 7.83. The van der Waals surface area contributed by atoms with E-state index < -0.39 is 6.23 Å². The fourth-order valence-corrected chi connectivity index (χ4v) is 3.67. The fourth-order valence-electron chi connectivity index (χ4n) is 2.73. The Morgan fingerprint density at radius 2 is 1.96 bits per heavy atom. The Bertz CT molecular complexity index is 986. The van der Waals surface area contributed by atoms with Gasteiger partial charge in [-0.05, 0) is 24.6 Å². The number of aromatic nitrogens is 3. The zero-order valence-corrected chi connectivity index (χ0v) is 16.8. The molecule has 5 nitrogen and oxygen atoms in total. The van der Waals surface area contributed by atoms with Gasteiger partial charge in [-0.15, -0.1) is 10.2 Å². The number of nitrogens with zero attached hydrogens (tertiary/aromatic N) is 3. The van der Waals surface area contributed by atoms with Crippen LogP contribution < -0.4 is 10.1 Å². The maximum absolute atomic E-state index is 6.20. The summed E-state index contributed by atoms with van der Waals surface area (Å²) in [4.78, 5) is 4.59. The second-order valence-electron chi connectivity index (χ2n) is 5.96. The van der Waals surface area contributed by atoms with Gasteiger partial charge in [0.2, 0.25) is 11.0 Å². The molecule has 0 fully saturated rings. The van der Waals surface area contributed by atoms with Crippen molar-refractivity contribution in [3.8, 4) is 17.1 Å². The third-order valence-electron chi connectivity index (χ3n) is 4.02. The van der Waals surface area contributed by atoms with Gasteiger partial charge >= 0.3 is 0 Å². The van der Waals surface area contributed by atoms with E-state index in [1.807, 2.05) is 30.3 Å². The Kier molecular flexibility index (Phi) is 5.38. The van der Waals surface area contributed by atoms with E-state index in [0.29, 0.717) is 26.8 Å². The smallest absolute Gasteiger partial charge is 0.247 e. The number of hydrogen-bond donors (Lipinski definition) is 1. The first-order chi connectivity index (χ1) is 13.2. The average Bonchev–Trinajstić information content (AvgIpc) is 2.85. The number of nitrogens with one attached hydrogen (secondary N) is 1. The molecule has 2 aromatic carbocycles. The highest BCUT2D eigenvalue weighted by atomic mass is 35.5. The molecular formula is C19H16Cl2N4OS. The SMILES string of the molecule is CCCSc1nnc2c(n1)O[C@H](c1ccc(Cl)c(Cl)c1)Nc1ccccc1-2. The first-order valence-corrected chi connectivity index (χ1v) is 10.2. The zero-order chi connectivity index (χ0) is 18.8. The molecule has 1 aromatic heterocycles. The van der Waals surface area contributed by atoms with Gasteiger partial charge in [0, 0.05) is 22.6 Å². The molecular weight excluding hydrogens is 403 g/mol. The van der Waals surface area contributed by atoms with Crippen molar-refractivity contribution in [1.29, 1.82) is 0 Å². The predicted octanol–water partition coefficient (Wildman–Crippen LogP) is 5.85. The summed E-state index contributed by atoms with van der Waals surface area (Å²) in [6.45, 7) is 2.11. The highest BCUT2D eigenvalue weighted by Crippen LogP contribution is 2.40. The molecule has 8 heteroatoms. The van der Waals surface area contributed by atoms with E-state index in [4.69, 9.17) is 27.9 Å². The van der Waals surface area contributed by atoms with Gasteiger partial charge in [-0.2, -0.15) is 4.98 Å². The first-order valence-electron chi connectivity index (χ1n) is 8.50. The number of hydrogen-bond acceptors (Lipinski definition) is 6. The van der Waals surface area contributed by atoms with E-state index in [1.165, 1.54) is 0 Å². The Balaban J connectivity index is 1.79. The second kappa shape index (κ2) is 7.92. The molecule has 0 saturated heterocycles. The monoisotopic (exact) mass is 418 g/mol. The van der Waals surface area contributed by atoms with Gasteiger partial charge in [0.15, 0.2) is 11.9 Å². The van der Waals surface area contributed by atoms with E-state index in [1.54, 1.807) is 23.9 Å². The third kappa shape index (κ3) is 3.83. The summed E-state index contributed by atoms with van der Waals surface area (Å²) in [6.07, 6.45) is 0.547. The van der Waals surface area contributed by atoms with Crippen LogP contribution in [0, 0.1) is 0 Å². The molecule has 0 bridgehead atoms. The molecule has 27 heavy (non-hydrogen) atoms. The number of fused-ring (bicyclic) bond motifs is 3. The van der Waals surface area contributed by atoms with Crippen molar-refractivity contribution >= 4 is 40.7 Å². The van der Waals surface area contributed by atoms with E-state index in [0.717, 1.165) is 29.0 Å². The van der Waals surface area contributed by atoms with Crippen molar-refractivity contribution < 1.29 is 4.74 Å². The van der Waals surface area contributed by atoms with Crippen molar-refractivity contribution in [3.05, 3.63) is 58.1 Å². The van der Waals surface area contributed by atoms with E-state index in [2.05, 4.69) is 27.4 Å². The lowest BCUT2D eigenvalue weighted by atomic mass is 10.1. The predicted molar refractivity (Wildman–Crippen MR) is 110 cm³/mol. The summed E-state index contributed by atoms with van der Waals surface area (Å²) >= 11 is 13.8. The van der Waals surface area contributed by atoms with E-state index >= 15 is 0 Å². The van der Waals surface area contributed by atoms with Crippen LogP contribution in [-0.4, -0.2) is 20.9 Å². The van der Waals surface area contributed by atoms with Crippen LogP contribution in [0.1, 0.15) is 25.1 Å². The lowest BCUT2D eigenvalue weighted by Crippen LogP contribution is -2.17. The minimum absolute atomic E-state index is 0.442.